The van der Waals surface area contributed by atoms with Crippen molar-refractivity contribution in [2.24, 2.45) is 0 Å². The summed E-state index contributed by atoms with van der Waals surface area (Å²) in [5.74, 6) is -0.364. The summed E-state index contributed by atoms with van der Waals surface area (Å²) < 4.78 is 43.1. The number of anilines is 1. The standard InChI is InChI=1S/C26H25N3O8S/c1-29(18-12-13-21-22(15-18)37-16-36-21)24(30)20(14-17-8-4-3-5-9-17)27-26(32)28-38(33,34)23-11-7-6-10-19(23)25(31)35-2/h3-13,15,20H,14,16H2,1-2H3,(H2,27,28,32). The highest BCUT2D eigenvalue weighted by molar-refractivity contribution is 7.90. The highest BCUT2D eigenvalue weighted by Gasteiger charge is 2.29. The number of likely N-dealkylation sites (N-methyl/N-ethyl adjacent to an activating group) is 1. The monoisotopic (exact) mass is 539 g/mol. The van der Waals surface area contributed by atoms with E-state index >= 15 is 0 Å². The maximum absolute atomic E-state index is 13.5. The number of amides is 3. The van der Waals surface area contributed by atoms with Crippen LogP contribution in [0.2, 0.25) is 0 Å². The van der Waals surface area contributed by atoms with E-state index in [-0.39, 0.29) is 18.8 Å². The fraction of sp³-hybridized carbons (Fsp3) is 0.192. The van der Waals surface area contributed by atoms with Crippen LogP contribution in [-0.2, 0) is 26.0 Å². The Kier molecular flexibility index (Phi) is 7.82. The van der Waals surface area contributed by atoms with Gasteiger partial charge in [-0.1, -0.05) is 42.5 Å². The second-order valence-electron chi connectivity index (χ2n) is 8.24. The number of nitrogens with one attached hydrogen (secondary N) is 2. The van der Waals surface area contributed by atoms with E-state index < -0.39 is 38.9 Å². The van der Waals surface area contributed by atoms with Gasteiger partial charge in [-0.3, -0.25) is 4.79 Å². The van der Waals surface area contributed by atoms with Crippen LogP contribution in [0.5, 0.6) is 11.5 Å². The van der Waals surface area contributed by atoms with Gasteiger partial charge in [0, 0.05) is 25.2 Å². The van der Waals surface area contributed by atoms with E-state index in [1.807, 2.05) is 10.8 Å². The highest BCUT2D eigenvalue weighted by Crippen LogP contribution is 2.35. The molecule has 0 fully saturated rings. The first-order valence-corrected chi connectivity index (χ1v) is 12.9. The minimum atomic E-state index is -4.49. The molecule has 38 heavy (non-hydrogen) atoms. The average molecular weight is 540 g/mol. The van der Waals surface area contributed by atoms with Crippen LogP contribution in [-0.4, -0.2) is 53.3 Å². The van der Waals surface area contributed by atoms with E-state index in [9.17, 15) is 22.8 Å². The zero-order chi connectivity index (χ0) is 27.3. The Bertz CT molecular complexity index is 1460. The third-order valence-electron chi connectivity index (χ3n) is 5.77. The van der Waals surface area contributed by atoms with Crippen LogP contribution in [0.3, 0.4) is 0 Å². The molecule has 1 aliphatic rings. The molecule has 198 valence electrons. The summed E-state index contributed by atoms with van der Waals surface area (Å²) in [5, 5.41) is 2.46. The molecule has 0 aliphatic carbocycles. The number of hydrogen-bond donors (Lipinski definition) is 2. The predicted molar refractivity (Wildman–Crippen MR) is 137 cm³/mol. The fourth-order valence-electron chi connectivity index (χ4n) is 3.85. The zero-order valence-corrected chi connectivity index (χ0v) is 21.4. The number of benzene rings is 3. The lowest BCUT2D eigenvalue weighted by molar-refractivity contribution is -0.120. The van der Waals surface area contributed by atoms with Crippen LogP contribution >= 0.6 is 0 Å². The van der Waals surface area contributed by atoms with Gasteiger partial charge in [0.05, 0.1) is 12.7 Å². The van der Waals surface area contributed by atoms with E-state index in [4.69, 9.17) is 9.47 Å². The Morgan fingerprint density at radius 3 is 2.39 bits per heavy atom. The molecule has 1 heterocycles. The molecule has 1 atom stereocenters. The molecule has 2 N–H and O–H groups in total. The molecule has 0 saturated carbocycles. The maximum atomic E-state index is 13.5. The topological polar surface area (TPSA) is 140 Å². The number of fused-ring (bicyclic) bond motifs is 1. The van der Waals surface area contributed by atoms with Crippen LogP contribution in [0.4, 0.5) is 10.5 Å². The number of urea groups is 1. The Hall–Kier alpha value is -4.58. The van der Waals surface area contributed by atoms with E-state index in [1.54, 1.807) is 42.5 Å². The van der Waals surface area contributed by atoms with Gasteiger partial charge < -0.3 is 24.4 Å². The summed E-state index contributed by atoms with van der Waals surface area (Å²) in [4.78, 5) is 39.3. The minimum absolute atomic E-state index is 0.0718. The fourth-order valence-corrected chi connectivity index (χ4v) is 4.96. The van der Waals surface area contributed by atoms with Crippen molar-refractivity contribution in [3.8, 4) is 11.5 Å². The maximum Gasteiger partial charge on any atom is 0.339 e. The number of ether oxygens (including phenoxy) is 3. The first-order chi connectivity index (χ1) is 18.2. The van der Waals surface area contributed by atoms with Crippen LogP contribution in [0.15, 0.2) is 77.7 Å². The zero-order valence-electron chi connectivity index (χ0n) is 20.5. The molecule has 12 heteroatoms. The quantitative estimate of drug-likeness (QED) is 0.416. The van der Waals surface area contributed by atoms with Gasteiger partial charge in [0.15, 0.2) is 11.5 Å². The lowest BCUT2D eigenvalue weighted by atomic mass is 10.0. The summed E-state index contributed by atoms with van der Waals surface area (Å²) in [6, 6.07) is 16.9. The van der Waals surface area contributed by atoms with Gasteiger partial charge in [-0.25, -0.2) is 22.7 Å². The molecule has 0 bridgehead atoms. The number of carbonyl (C=O) groups excluding carboxylic acids is 3. The summed E-state index contributed by atoms with van der Waals surface area (Å²) in [6.07, 6.45) is 0.0841. The van der Waals surface area contributed by atoms with Gasteiger partial charge in [0.25, 0.3) is 10.0 Å². The predicted octanol–water partition coefficient (Wildman–Crippen LogP) is 2.46. The summed E-state index contributed by atoms with van der Waals surface area (Å²) in [6.45, 7) is 0.0718. The van der Waals surface area contributed by atoms with Crippen LogP contribution in [0.1, 0.15) is 15.9 Å². The average Bonchev–Trinajstić information content (AvgIpc) is 3.40. The van der Waals surface area contributed by atoms with Crippen LogP contribution in [0, 0.1) is 0 Å². The van der Waals surface area contributed by atoms with Gasteiger partial charge >= 0.3 is 12.0 Å². The second kappa shape index (κ2) is 11.2. The van der Waals surface area contributed by atoms with Crippen molar-refractivity contribution in [1.29, 1.82) is 0 Å². The molecule has 1 unspecified atom stereocenters. The van der Waals surface area contributed by atoms with Crippen molar-refractivity contribution in [3.63, 3.8) is 0 Å². The van der Waals surface area contributed by atoms with Crippen LogP contribution in [0.25, 0.3) is 0 Å². The molecule has 3 aromatic carbocycles. The van der Waals surface area contributed by atoms with Crippen molar-refractivity contribution >= 4 is 33.6 Å². The van der Waals surface area contributed by atoms with Crippen molar-refractivity contribution in [2.45, 2.75) is 17.4 Å². The number of sulfonamides is 1. The first-order valence-electron chi connectivity index (χ1n) is 11.4. The molecule has 0 radical (unpaired) electrons. The lowest BCUT2D eigenvalue weighted by Crippen LogP contribution is -2.52. The number of esters is 1. The van der Waals surface area contributed by atoms with E-state index in [2.05, 4.69) is 10.1 Å². The van der Waals surface area contributed by atoms with Crippen molar-refractivity contribution < 1.29 is 37.0 Å². The summed E-state index contributed by atoms with van der Waals surface area (Å²) in [5.41, 5.74) is 0.984. The molecule has 0 saturated heterocycles. The highest BCUT2D eigenvalue weighted by atomic mass is 32.2. The van der Waals surface area contributed by atoms with Gasteiger partial charge in [-0.2, -0.15) is 0 Å². The number of nitrogens with zero attached hydrogens (tertiary/aromatic N) is 1. The Morgan fingerprint density at radius 1 is 0.974 bits per heavy atom. The molecular weight excluding hydrogens is 514 g/mol. The van der Waals surface area contributed by atoms with Gasteiger partial charge in [-0.15, -0.1) is 0 Å². The molecule has 0 spiro atoms. The lowest BCUT2D eigenvalue weighted by Gasteiger charge is -2.25. The second-order valence-corrected chi connectivity index (χ2v) is 9.89. The molecule has 1 aliphatic heterocycles. The molecule has 3 amide bonds. The molecule has 3 aromatic rings. The Balaban J connectivity index is 1.56. The van der Waals surface area contributed by atoms with Crippen molar-refractivity contribution in [3.05, 3.63) is 83.9 Å². The van der Waals surface area contributed by atoms with Crippen molar-refractivity contribution in [2.75, 3.05) is 25.9 Å². The van der Waals surface area contributed by atoms with Crippen LogP contribution < -0.4 is 24.4 Å². The molecular formula is C26H25N3O8S. The van der Waals surface area contributed by atoms with Crippen molar-refractivity contribution in [1.82, 2.24) is 10.0 Å². The minimum Gasteiger partial charge on any atom is -0.465 e. The van der Waals surface area contributed by atoms with E-state index in [0.717, 1.165) is 12.7 Å². The van der Waals surface area contributed by atoms with Gasteiger partial charge in [0.2, 0.25) is 12.7 Å². The SMILES string of the molecule is COC(=O)c1ccccc1S(=O)(=O)NC(=O)NC(Cc1ccccc1)C(=O)N(C)c1ccc2c(c1)OCO2. The molecule has 11 nitrogen and oxygen atoms in total. The number of hydrogen-bond acceptors (Lipinski definition) is 8. The van der Waals surface area contributed by atoms with Gasteiger partial charge in [0.1, 0.15) is 10.9 Å². The van der Waals surface area contributed by atoms with E-state index in [1.165, 1.54) is 36.2 Å². The number of rotatable bonds is 8. The Labute approximate surface area is 219 Å². The third kappa shape index (κ3) is 5.86. The largest absolute Gasteiger partial charge is 0.465 e. The van der Waals surface area contributed by atoms with Gasteiger partial charge in [-0.05, 0) is 29.8 Å². The Morgan fingerprint density at radius 2 is 1.66 bits per heavy atom. The third-order valence-corrected chi connectivity index (χ3v) is 7.16. The molecule has 4 rings (SSSR count). The smallest absolute Gasteiger partial charge is 0.339 e. The number of methoxy groups -OCH3 is 1. The number of carbonyl (C=O) groups is 3. The van der Waals surface area contributed by atoms with E-state index in [0.29, 0.717) is 17.2 Å². The molecule has 0 aromatic heterocycles. The summed E-state index contributed by atoms with van der Waals surface area (Å²) in [7, 11) is -1.84. The normalized spacial score (nSPS) is 12.8. The summed E-state index contributed by atoms with van der Waals surface area (Å²) >= 11 is 0. The first kappa shape index (κ1) is 26.5.